The maximum absolute atomic E-state index is 14.6. The van der Waals surface area contributed by atoms with Crippen molar-refractivity contribution in [2.75, 3.05) is 36.0 Å². The number of ether oxygens (including phenoxy) is 2. The second-order valence-corrected chi connectivity index (χ2v) is 6.16. The summed E-state index contributed by atoms with van der Waals surface area (Å²) in [6.07, 6.45) is 0.0430. The molecule has 0 aromatic heterocycles. The van der Waals surface area contributed by atoms with Crippen molar-refractivity contribution >= 4 is 17.5 Å². The first kappa shape index (κ1) is 15.0. The van der Waals surface area contributed by atoms with Crippen molar-refractivity contribution in [1.82, 2.24) is 0 Å². The summed E-state index contributed by atoms with van der Waals surface area (Å²) in [6.45, 7) is 1.63. The Kier molecular flexibility index (Phi) is 3.66. The number of fused-ring (bicyclic) bond motifs is 2. The SMILES string of the molecule is [N-]=[N+]=NCC1CN(c2ccc(N3C[C@@H]4C[C@H]3CO4)c(F)c2)C(=O)O1. The van der Waals surface area contributed by atoms with Gasteiger partial charge in [0.25, 0.3) is 0 Å². The minimum atomic E-state index is -0.561. The second kappa shape index (κ2) is 5.85. The fourth-order valence-electron chi connectivity index (χ4n) is 3.55. The van der Waals surface area contributed by atoms with Gasteiger partial charge in [0, 0.05) is 11.5 Å². The molecule has 0 spiro atoms. The Morgan fingerprint density at radius 2 is 2.29 bits per heavy atom. The largest absolute Gasteiger partial charge is 0.444 e. The Bertz CT molecular complexity index is 723. The van der Waals surface area contributed by atoms with Crippen LogP contribution in [0.1, 0.15) is 6.42 Å². The first-order valence-electron chi connectivity index (χ1n) is 7.82. The van der Waals surface area contributed by atoms with Crippen LogP contribution in [0.3, 0.4) is 0 Å². The maximum Gasteiger partial charge on any atom is 0.414 e. The second-order valence-electron chi connectivity index (χ2n) is 6.16. The predicted molar refractivity (Wildman–Crippen MR) is 83.5 cm³/mol. The zero-order valence-electron chi connectivity index (χ0n) is 12.8. The minimum absolute atomic E-state index is 0.0656. The summed E-state index contributed by atoms with van der Waals surface area (Å²) in [5.74, 6) is -0.369. The number of anilines is 2. The van der Waals surface area contributed by atoms with Crippen LogP contribution in [0.25, 0.3) is 10.4 Å². The lowest BCUT2D eigenvalue weighted by Gasteiger charge is -2.29. The standard InChI is InChI=1S/C15H16FN5O3/c16-13-4-9(21-7-12(5-18-19-17)24-15(21)22)1-2-14(13)20-6-11-3-10(20)8-23-11/h1-2,4,10-12H,3,5-8H2/t10-,11-,12?/m0/s1. The van der Waals surface area contributed by atoms with Crippen LogP contribution in [-0.4, -0.2) is 50.6 Å². The molecule has 4 rings (SSSR count). The summed E-state index contributed by atoms with van der Waals surface area (Å²) in [5.41, 5.74) is 9.30. The number of cyclic esters (lactones) is 1. The van der Waals surface area contributed by atoms with Crippen molar-refractivity contribution in [3.05, 3.63) is 34.5 Å². The molecule has 1 unspecified atom stereocenters. The molecule has 3 saturated heterocycles. The molecule has 3 atom stereocenters. The number of rotatable bonds is 4. The molecule has 3 fully saturated rings. The van der Waals surface area contributed by atoms with E-state index in [1.165, 1.54) is 11.0 Å². The lowest BCUT2D eigenvalue weighted by Crippen LogP contribution is -2.37. The van der Waals surface area contributed by atoms with E-state index in [0.29, 0.717) is 24.5 Å². The van der Waals surface area contributed by atoms with Crippen LogP contribution in [0.5, 0.6) is 0 Å². The summed E-state index contributed by atoms with van der Waals surface area (Å²) in [6, 6.07) is 4.97. The third kappa shape index (κ3) is 2.51. The molecule has 0 N–H and O–H groups in total. The van der Waals surface area contributed by atoms with Crippen LogP contribution >= 0.6 is 0 Å². The van der Waals surface area contributed by atoms with Crippen LogP contribution in [0.4, 0.5) is 20.6 Å². The van der Waals surface area contributed by atoms with Gasteiger partial charge in [-0.1, -0.05) is 5.11 Å². The number of morpholine rings is 1. The Labute approximate surface area is 137 Å². The molecule has 0 aliphatic carbocycles. The van der Waals surface area contributed by atoms with E-state index in [9.17, 15) is 9.18 Å². The molecule has 1 amide bonds. The zero-order valence-corrected chi connectivity index (χ0v) is 12.8. The highest BCUT2D eigenvalue weighted by Crippen LogP contribution is 2.35. The topological polar surface area (TPSA) is 90.8 Å². The minimum Gasteiger partial charge on any atom is -0.444 e. The molecule has 1 aromatic carbocycles. The molecule has 3 heterocycles. The molecular formula is C15H16FN5O3. The quantitative estimate of drug-likeness (QED) is 0.481. The van der Waals surface area contributed by atoms with Gasteiger partial charge in [0.2, 0.25) is 0 Å². The van der Waals surface area contributed by atoms with Crippen molar-refractivity contribution in [3.63, 3.8) is 0 Å². The van der Waals surface area contributed by atoms with Crippen molar-refractivity contribution in [3.8, 4) is 0 Å². The average molecular weight is 333 g/mol. The molecule has 3 aliphatic rings. The molecule has 2 bridgehead atoms. The van der Waals surface area contributed by atoms with E-state index < -0.39 is 12.2 Å². The van der Waals surface area contributed by atoms with E-state index in [2.05, 4.69) is 10.0 Å². The molecule has 126 valence electrons. The molecule has 8 nitrogen and oxygen atoms in total. The lowest BCUT2D eigenvalue weighted by molar-refractivity contribution is 0.0989. The molecule has 9 heteroatoms. The molecule has 24 heavy (non-hydrogen) atoms. The van der Waals surface area contributed by atoms with Crippen LogP contribution < -0.4 is 9.80 Å². The number of benzene rings is 1. The third-order valence-electron chi connectivity index (χ3n) is 4.68. The Balaban J connectivity index is 1.52. The van der Waals surface area contributed by atoms with Gasteiger partial charge < -0.3 is 14.4 Å². The molecular weight excluding hydrogens is 317 g/mol. The van der Waals surface area contributed by atoms with E-state index in [0.717, 1.165) is 6.42 Å². The average Bonchev–Trinajstić information content (AvgIpc) is 3.28. The van der Waals surface area contributed by atoms with Crippen LogP contribution in [0.15, 0.2) is 23.3 Å². The van der Waals surface area contributed by atoms with Gasteiger partial charge in [-0.3, -0.25) is 4.90 Å². The van der Waals surface area contributed by atoms with Gasteiger partial charge in [0.15, 0.2) is 0 Å². The van der Waals surface area contributed by atoms with E-state index in [1.54, 1.807) is 12.1 Å². The fourth-order valence-corrected chi connectivity index (χ4v) is 3.55. The Morgan fingerprint density at radius 1 is 1.42 bits per heavy atom. The maximum atomic E-state index is 14.6. The number of hydrogen-bond acceptors (Lipinski definition) is 5. The van der Waals surface area contributed by atoms with Gasteiger partial charge >= 0.3 is 6.09 Å². The van der Waals surface area contributed by atoms with Crippen LogP contribution in [0.2, 0.25) is 0 Å². The van der Waals surface area contributed by atoms with Gasteiger partial charge in [-0.05, 0) is 30.2 Å². The number of carbonyl (C=O) groups is 1. The fraction of sp³-hybridized carbons (Fsp3) is 0.533. The van der Waals surface area contributed by atoms with Crippen LogP contribution in [-0.2, 0) is 9.47 Å². The molecule has 0 radical (unpaired) electrons. The smallest absolute Gasteiger partial charge is 0.414 e. The third-order valence-corrected chi connectivity index (χ3v) is 4.68. The number of nitrogens with zero attached hydrogens (tertiary/aromatic N) is 5. The van der Waals surface area contributed by atoms with Gasteiger partial charge in [-0.25, -0.2) is 9.18 Å². The highest BCUT2D eigenvalue weighted by atomic mass is 19.1. The molecule has 3 aliphatic heterocycles. The van der Waals surface area contributed by atoms with Crippen LogP contribution in [0, 0.1) is 5.82 Å². The monoisotopic (exact) mass is 333 g/mol. The zero-order chi connectivity index (χ0) is 16.7. The van der Waals surface area contributed by atoms with Crippen molar-refractivity contribution in [2.45, 2.75) is 24.7 Å². The van der Waals surface area contributed by atoms with E-state index >= 15 is 0 Å². The summed E-state index contributed by atoms with van der Waals surface area (Å²) in [7, 11) is 0. The van der Waals surface area contributed by atoms with Gasteiger partial charge in [0.1, 0.15) is 11.9 Å². The molecule has 1 aromatic rings. The number of carbonyl (C=O) groups excluding carboxylic acids is 1. The highest BCUT2D eigenvalue weighted by molar-refractivity contribution is 5.90. The Morgan fingerprint density at radius 3 is 2.96 bits per heavy atom. The summed E-state index contributed by atoms with van der Waals surface area (Å²) in [4.78, 5) is 18.0. The lowest BCUT2D eigenvalue weighted by atomic mass is 10.2. The van der Waals surface area contributed by atoms with Gasteiger partial charge in [-0.2, -0.15) is 0 Å². The number of amides is 1. The van der Waals surface area contributed by atoms with Crippen molar-refractivity contribution in [2.24, 2.45) is 5.11 Å². The van der Waals surface area contributed by atoms with Crippen molar-refractivity contribution in [1.29, 1.82) is 0 Å². The van der Waals surface area contributed by atoms with E-state index in [4.69, 9.17) is 15.0 Å². The normalized spacial score (nSPS) is 28.2. The summed E-state index contributed by atoms with van der Waals surface area (Å²) >= 11 is 0. The Hall–Kier alpha value is -2.51. The number of hydrogen-bond donors (Lipinski definition) is 0. The number of azide groups is 1. The van der Waals surface area contributed by atoms with E-state index in [1.807, 2.05) is 4.90 Å². The predicted octanol–water partition coefficient (Wildman–Crippen LogP) is 2.44. The summed E-state index contributed by atoms with van der Waals surface area (Å²) in [5, 5.41) is 3.41. The first-order valence-corrected chi connectivity index (χ1v) is 7.82. The molecule has 0 saturated carbocycles. The van der Waals surface area contributed by atoms with Gasteiger partial charge in [-0.15, -0.1) is 0 Å². The summed E-state index contributed by atoms with van der Waals surface area (Å²) < 4.78 is 25.2. The van der Waals surface area contributed by atoms with E-state index in [-0.39, 0.29) is 31.1 Å². The van der Waals surface area contributed by atoms with Gasteiger partial charge in [0.05, 0.1) is 43.2 Å². The van der Waals surface area contributed by atoms with Crippen molar-refractivity contribution < 1.29 is 18.7 Å². The highest BCUT2D eigenvalue weighted by Gasteiger charge is 2.40. The first-order chi connectivity index (χ1) is 11.7. The number of halogens is 1.